The number of carbonyl (C=O) groups excluding carboxylic acids is 1. The number of fused-ring (bicyclic) bond motifs is 1. The molecule has 1 aromatic heterocycles. The Hall–Kier alpha value is -1.90. The average Bonchev–Trinajstić information content (AvgIpc) is 2.72. The van der Waals surface area contributed by atoms with Crippen LogP contribution in [0.25, 0.3) is 0 Å². The second-order valence-electron chi connectivity index (χ2n) is 5.55. The van der Waals surface area contributed by atoms with E-state index in [2.05, 4.69) is 15.0 Å². The fourth-order valence-electron chi connectivity index (χ4n) is 2.21. The van der Waals surface area contributed by atoms with Crippen LogP contribution in [-0.4, -0.2) is 25.1 Å². The van der Waals surface area contributed by atoms with Gasteiger partial charge in [0.1, 0.15) is 0 Å². The molecular weight excluding hydrogens is 346 g/mol. The summed E-state index contributed by atoms with van der Waals surface area (Å²) in [4.78, 5) is 16.9. The molecule has 2 N–H and O–H groups in total. The number of anilines is 1. The van der Waals surface area contributed by atoms with Crippen molar-refractivity contribution >= 4 is 33.4 Å². The van der Waals surface area contributed by atoms with E-state index < -0.39 is 10.0 Å². The van der Waals surface area contributed by atoms with E-state index in [1.165, 1.54) is 6.07 Å². The second kappa shape index (κ2) is 6.92. The highest BCUT2D eigenvalue weighted by Crippen LogP contribution is 2.34. The number of hydrogen-bond acceptors (Lipinski definition) is 5. The molecule has 126 valence electrons. The van der Waals surface area contributed by atoms with E-state index in [9.17, 15) is 13.2 Å². The van der Waals surface area contributed by atoms with Crippen molar-refractivity contribution in [2.45, 2.75) is 23.3 Å². The van der Waals surface area contributed by atoms with Crippen molar-refractivity contribution in [3.8, 4) is 0 Å². The lowest BCUT2D eigenvalue weighted by molar-refractivity contribution is -0.118. The number of nitrogens with zero attached hydrogens (tertiary/aromatic N) is 1. The van der Waals surface area contributed by atoms with Gasteiger partial charge in [-0.25, -0.2) is 13.1 Å². The number of pyridine rings is 1. The number of hydrogen-bond donors (Lipinski definition) is 2. The number of carbonyl (C=O) groups is 1. The molecule has 6 nitrogen and oxygen atoms in total. The van der Waals surface area contributed by atoms with Gasteiger partial charge >= 0.3 is 0 Å². The summed E-state index contributed by atoms with van der Waals surface area (Å²) in [6.07, 6.45) is 3.24. The summed E-state index contributed by atoms with van der Waals surface area (Å²) in [7, 11) is -3.67. The molecule has 0 aliphatic carbocycles. The molecular formula is C16H17N3O3S2. The highest BCUT2D eigenvalue weighted by molar-refractivity contribution is 7.99. The van der Waals surface area contributed by atoms with E-state index >= 15 is 0 Å². The van der Waals surface area contributed by atoms with Gasteiger partial charge < -0.3 is 5.32 Å². The fourth-order valence-corrected chi connectivity index (χ4v) is 4.26. The second-order valence-corrected chi connectivity index (χ2v) is 8.37. The van der Waals surface area contributed by atoms with Gasteiger partial charge in [-0.15, -0.1) is 11.8 Å². The molecule has 3 rings (SSSR count). The molecule has 0 radical (unpaired) electrons. The number of nitrogens with one attached hydrogen (secondary N) is 2. The molecule has 0 saturated carbocycles. The van der Waals surface area contributed by atoms with Crippen LogP contribution in [0.1, 0.15) is 12.5 Å². The molecule has 1 aromatic carbocycles. The first-order valence-corrected chi connectivity index (χ1v) is 9.89. The molecule has 1 atom stereocenters. The topological polar surface area (TPSA) is 88.2 Å². The molecule has 2 heterocycles. The van der Waals surface area contributed by atoms with Crippen molar-refractivity contribution in [1.82, 2.24) is 9.71 Å². The SMILES string of the molecule is C[C@@H]1CSc2ccc(S(=O)(=O)NCc3cccnc3)cc2NC1=O. The van der Waals surface area contributed by atoms with E-state index in [4.69, 9.17) is 0 Å². The summed E-state index contributed by atoms with van der Waals surface area (Å²) >= 11 is 1.54. The Morgan fingerprint density at radius 3 is 2.96 bits per heavy atom. The van der Waals surface area contributed by atoms with Gasteiger partial charge in [0.2, 0.25) is 15.9 Å². The summed E-state index contributed by atoms with van der Waals surface area (Å²) in [6.45, 7) is 2.01. The Labute approximate surface area is 145 Å². The third-order valence-corrected chi connectivity index (χ3v) is 6.38. The van der Waals surface area contributed by atoms with Gasteiger partial charge in [-0.2, -0.15) is 0 Å². The Balaban J connectivity index is 1.81. The molecule has 0 fully saturated rings. The summed E-state index contributed by atoms with van der Waals surface area (Å²) in [5, 5.41) is 2.80. The van der Waals surface area contributed by atoms with E-state index in [1.807, 2.05) is 6.92 Å². The number of benzene rings is 1. The molecule has 0 unspecified atom stereocenters. The van der Waals surface area contributed by atoms with Gasteiger partial charge in [0.15, 0.2) is 0 Å². The summed E-state index contributed by atoms with van der Waals surface area (Å²) in [5.41, 5.74) is 1.31. The minimum Gasteiger partial charge on any atom is -0.325 e. The van der Waals surface area contributed by atoms with Crippen LogP contribution in [0.5, 0.6) is 0 Å². The van der Waals surface area contributed by atoms with Crippen molar-refractivity contribution in [2.24, 2.45) is 5.92 Å². The van der Waals surface area contributed by atoms with Crippen molar-refractivity contribution < 1.29 is 13.2 Å². The molecule has 0 spiro atoms. The predicted molar refractivity (Wildman–Crippen MR) is 93.2 cm³/mol. The van der Waals surface area contributed by atoms with Crippen LogP contribution in [0, 0.1) is 5.92 Å². The predicted octanol–water partition coefficient (Wildman–Crippen LogP) is 2.24. The highest BCUT2D eigenvalue weighted by atomic mass is 32.2. The molecule has 24 heavy (non-hydrogen) atoms. The lowest BCUT2D eigenvalue weighted by Crippen LogP contribution is -2.24. The van der Waals surface area contributed by atoms with Crippen molar-refractivity contribution in [3.63, 3.8) is 0 Å². The lowest BCUT2D eigenvalue weighted by Gasteiger charge is -2.11. The number of aromatic nitrogens is 1. The normalized spacial score (nSPS) is 17.7. The molecule has 1 aliphatic rings. The third kappa shape index (κ3) is 3.77. The highest BCUT2D eigenvalue weighted by Gasteiger charge is 2.22. The number of rotatable bonds is 4. The molecule has 0 saturated heterocycles. The van der Waals surface area contributed by atoms with Crippen molar-refractivity contribution in [3.05, 3.63) is 48.3 Å². The molecule has 1 amide bonds. The molecule has 0 bridgehead atoms. The van der Waals surface area contributed by atoms with Gasteiger partial charge in [0.25, 0.3) is 0 Å². The minimum absolute atomic E-state index is 0.0980. The first-order valence-electron chi connectivity index (χ1n) is 7.42. The molecule has 2 aromatic rings. The monoisotopic (exact) mass is 363 g/mol. The van der Waals surface area contributed by atoms with E-state index in [-0.39, 0.29) is 23.3 Å². The van der Waals surface area contributed by atoms with Crippen molar-refractivity contribution in [1.29, 1.82) is 0 Å². The number of sulfonamides is 1. The first-order chi connectivity index (χ1) is 11.5. The zero-order valence-electron chi connectivity index (χ0n) is 13.0. The van der Waals surface area contributed by atoms with Gasteiger partial charge in [-0.05, 0) is 29.8 Å². The lowest BCUT2D eigenvalue weighted by atomic mass is 10.2. The zero-order chi connectivity index (χ0) is 17.2. The van der Waals surface area contributed by atoms with E-state index in [1.54, 1.807) is 48.4 Å². The van der Waals surface area contributed by atoms with Crippen molar-refractivity contribution in [2.75, 3.05) is 11.1 Å². The maximum Gasteiger partial charge on any atom is 0.240 e. The Morgan fingerprint density at radius 2 is 2.21 bits per heavy atom. The summed E-state index contributed by atoms with van der Waals surface area (Å²) in [6, 6.07) is 8.34. The smallest absolute Gasteiger partial charge is 0.240 e. The Bertz CT molecular complexity index is 854. The molecule has 8 heteroatoms. The first kappa shape index (κ1) is 16.9. The molecule has 1 aliphatic heterocycles. The quantitative estimate of drug-likeness (QED) is 0.870. The van der Waals surface area contributed by atoms with Crippen LogP contribution in [-0.2, 0) is 21.4 Å². The summed E-state index contributed by atoms with van der Waals surface area (Å²) < 4.78 is 27.5. The largest absolute Gasteiger partial charge is 0.325 e. The Kier molecular flexibility index (Phi) is 4.88. The standard InChI is InChI=1S/C16H17N3O3S2/c1-11-10-23-15-5-4-13(7-14(15)19-16(11)20)24(21,22)18-9-12-3-2-6-17-8-12/h2-8,11,18H,9-10H2,1H3,(H,19,20)/t11-/m1/s1. The summed E-state index contributed by atoms with van der Waals surface area (Å²) in [5.74, 6) is 0.453. The minimum atomic E-state index is -3.67. The van der Waals surface area contributed by atoms with Crippen LogP contribution in [0.2, 0.25) is 0 Å². The van der Waals surface area contributed by atoms with Crippen LogP contribution < -0.4 is 10.0 Å². The van der Waals surface area contributed by atoms with Crippen LogP contribution in [0.15, 0.2) is 52.5 Å². The zero-order valence-corrected chi connectivity index (χ0v) is 14.7. The average molecular weight is 363 g/mol. The number of thioether (sulfide) groups is 1. The van der Waals surface area contributed by atoms with Gasteiger partial charge in [-0.1, -0.05) is 13.0 Å². The maximum atomic E-state index is 12.5. The van der Waals surface area contributed by atoms with Gasteiger partial charge in [-0.3, -0.25) is 9.78 Å². The van der Waals surface area contributed by atoms with E-state index in [0.717, 1.165) is 10.5 Å². The third-order valence-electron chi connectivity index (χ3n) is 3.64. The number of amides is 1. The van der Waals surface area contributed by atoms with Crippen LogP contribution in [0.3, 0.4) is 0 Å². The van der Waals surface area contributed by atoms with Gasteiger partial charge in [0.05, 0.1) is 10.6 Å². The van der Waals surface area contributed by atoms with Crippen LogP contribution in [0.4, 0.5) is 5.69 Å². The van der Waals surface area contributed by atoms with E-state index in [0.29, 0.717) is 11.4 Å². The maximum absolute atomic E-state index is 12.5. The Morgan fingerprint density at radius 1 is 1.38 bits per heavy atom. The fraction of sp³-hybridized carbons (Fsp3) is 0.250. The van der Waals surface area contributed by atoms with Gasteiger partial charge in [0, 0.05) is 35.5 Å². The van der Waals surface area contributed by atoms with Crippen LogP contribution >= 0.6 is 11.8 Å².